The van der Waals surface area contributed by atoms with Gasteiger partial charge in [0.15, 0.2) is 5.82 Å². The topological polar surface area (TPSA) is 70.6 Å². The predicted molar refractivity (Wildman–Crippen MR) is 123 cm³/mol. The third-order valence-corrected chi connectivity index (χ3v) is 5.16. The van der Waals surface area contributed by atoms with Crippen molar-refractivity contribution in [2.75, 3.05) is 42.3 Å². The lowest BCUT2D eigenvalue weighted by Crippen LogP contribution is -2.31. The molecular formula is C24H27N5O2. The molecule has 0 spiro atoms. The highest BCUT2D eigenvalue weighted by Crippen LogP contribution is 2.26. The smallest absolute Gasteiger partial charge is 0.255 e. The number of ether oxygens (including phenoxy) is 1. The van der Waals surface area contributed by atoms with Crippen molar-refractivity contribution in [2.45, 2.75) is 19.3 Å². The summed E-state index contributed by atoms with van der Waals surface area (Å²) < 4.78 is 5.79. The Hall–Kier alpha value is -3.61. The van der Waals surface area contributed by atoms with Crippen LogP contribution in [-0.4, -0.2) is 43.1 Å². The lowest BCUT2D eigenvalue weighted by atomic mass is 10.1. The van der Waals surface area contributed by atoms with Crippen molar-refractivity contribution in [1.29, 1.82) is 0 Å². The second-order valence-corrected chi connectivity index (χ2v) is 7.74. The van der Waals surface area contributed by atoms with E-state index in [0.717, 1.165) is 31.7 Å². The standard InChI is InChI=1S/C24H27N5O2/c1-28(2)22-21(17-25-24(27-22)29-15-7-4-8-16-29)26-23(30)18-11-13-20(14-12-18)31-19-9-5-3-6-10-19/h3,5-6,9-14,17H,4,7-8,15-16H2,1-2H3,(H,26,30). The molecule has 1 aliphatic rings. The van der Waals surface area contributed by atoms with Gasteiger partial charge in [-0.15, -0.1) is 0 Å². The Labute approximate surface area is 182 Å². The summed E-state index contributed by atoms with van der Waals surface area (Å²) in [6.07, 6.45) is 5.25. The van der Waals surface area contributed by atoms with Gasteiger partial charge in [-0.05, 0) is 55.7 Å². The molecule has 1 N–H and O–H groups in total. The van der Waals surface area contributed by atoms with E-state index in [1.54, 1.807) is 30.5 Å². The Bertz CT molecular complexity index is 1020. The molecule has 0 saturated carbocycles. The molecule has 3 aromatic rings. The van der Waals surface area contributed by atoms with Gasteiger partial charge in [-0.25, -0.2) is 4.98 Å². The van der Waals surface area contributed by atoms with Crippen LogP contribution in [0.3, 0.4) is 0 Å². The van der Waals surface area contributed by atoms with Crippen LogP contribution in [-0.2, 0) is 0 Å². The minimum Gasteiger partial charge on any atom is -0.457 e. The number of hydrogen-bond acceptors (Lipinski definition) is 6. The van der Waals surface area contributed by atoms with E-state index in [1.165, 1.54) is 6.42 Å². The zero-order valence-corrected chi connectivity index (χ0v) is 17.9. The summed E-state index contributed by atoms with van der Waals surface area (Å²) in [5, 5.41) is 2.94. The van der Waals surface area contributed by atoms with Crippen LogP contribution < -0.4 is 19.9 Å². The number of carbonyl (C=O) groups is 1. The minimum atomic E-state index is -0.219. The first-order valence-corrected chi connectivity index (χ1v) is 10.5. The highest BCUT2D eigenvalue weighted by Gasteiger charge is 2.18. The normalized spacial score (nSPS) is 13.5. The van der Waals surface area contributed by atoms with E-state index in [2.05, 4.69) is 15.2 Å². The number of carbonyl (C=O) groups excluding carboxylic acids is 1. The number of nitrogens with zero attached hydrogens (tertiary/aromatic N) is 4. The number of nitrogens with one attached hydrogen (secondary N) is 1. The number of amides is 1. The number of para-hydroxylation sites is 1. The van der Waals surface area contributed by atoms with Crippen molar-refractivity contribution in [3.05, 3.63) is 66.4 Å². The number of hydrogen-bond donors (Lipinski definition) is 1. The molecule has 2 aromatic carbocycles. The third kappa shape index (κ3) is 5.12. The van der Waals surface area contributed by atoms with Gasteiger partial charge in [0.2, 0.25) is 5.95 Å². The molecule has 1 saturated heterocycles. The van der Waals surface area contributed by atoms with Gasteiger partial charge in [0.25, 0.3) is 5.91 Å². The van der Waals surface area contributed by atoms with Crippen LogP contribution in [0.5, 0.6) is 11.5 Å². The Balaban J connectivity index is 1.47. The highest BCUT2D eigenvalue weighted by atomic mass is 16.5. The van der Waals surface area contributed by atoms with Crippen LogP contribution in [0.4, 0.5) is 17.5 Å². The van der Waals surface area contributed by atoms with E-state index < -0.39 is 0 Å². The molecule has 0 unspecified atom stereocenters. The van der Waals surface area contributed by atoms with E-state index in [1.807, 2.05) is 49.3 Å². The molecule has 160 valence electrons. The molecule has 2 heterocycles. The molecular weight excluding hydrogens is 390 g/mol. The maximum atomic E-state index is 12.8. The SMILES string of the molecule is CN(C)c1nc(N2CCCCC2)ncc1NC(=O)c1ccc(Oc2ccccc2)cc1. The van der Waals surface area contributed by atoms with Gasteiger partial charge >= 0.3 is 0 Å². The maximum absolute atomic E-state index is 12.8. The van der Waals surface area contributed by atoms with Gasteiger partial charge in [-0.3, -0.25) is 4.79 Å². The number of piperidine rings is 1. The Morgan fingerprint density at radius 1 is 0.968 bits per heavy atom. The summed E-state index contributed by atoms with van der Waals surface area (Å²) in [7, 11) is 3.82. The maximum Gasteiger partial charge on any atom is 0.255 e. The van der Waals surface area contributed by atoms with E-state index in [4.69, 9.17) is 9.72 Å². The van der Waals surface area contributed by atoms with Crippen molar-refractivity contribution >= 4 is 23.4 Å². The summed E-state index contributed by atoms with van der Waals surface area (Å²) in [6, 6.07) is 16.6. The predicted octanol–water partition coefficient (Wildman–Crippen LogP) is 4.58. The second-order valence-electron chi connectivity index (χ2n) is 7.74. The van der Waals surface area contributed by atoms with Crippen molar-refractivity contribution in [3.8, 4) is 11.5 Å². The van der Waals surface area contributed by atoms with Gasteiger partial charge in [-0.2, -0.15) is 4.98 Å². The lowest BCUT2D eigenvalue weighted by molar-refractivity contribution is 0.102. The van der Waals surface area contributed by atoms with E-state index in [9.17, 15) is 4.79 Å². The zero-order chi connectivity index (χ0) is 21.6. The van der Waals surface area contributed by atoms with Crippen LogP contribution in [0.1, 0.15) is 29.6 Å². The van der Waals surface area contributed by atoms with Crippen LogP contribution in [0.2, 0.25) is 0 Å². The summed E-state index contributed by atoms with van der Waals surface area (Å²) in [4.78, 5) is 26.1. The second kappa shape index (κ2) is 9.47. The summed E-state index contributed by atoms with van der Waals surface area (Å²) in [6.45, 7) is 1.94. The Morgan fingerprint density at radius 3 is 2.32 bits per heavy atom. The molecule has 0 radical (unpaired) electrons. The van der Waals surface area contributed by atoms with E-state index >= 15 is 0 Å². The first kappa shape index (κ1) is 20.7. The first-order valence-electron chi connectivity index (χ1n) is 10.5. The first-order chi connectivity index (χ1) is 15.1. The van der Waals surface area contributed by atoms with Gasteiger partial charge < -0.3 is 19.9 Å². The zero-order valence-electron chi connectivity index (χ0n) is 17.9. The van der Waals surface area contributed by atoms with Crippen molar-refractivity contribution in [3.63, 3.8) is 0 Å². The average molecular weight is 418 g/mol. The molecule has 0 bridgehead atoms. The molecule has 1 fully saturated rings. The number of benzene rings is 2. The number of rotatable bonds is 6. The fraction of sp³-hybridized carbons (Fsp3) is 0.292. The minimum absolute atomic E-state index is 0.219. The molecule has 7 heteroatoms. The Morgan fingerprint density at radius 2 is 1.65 bits per heavy atom. The van der Waals surface area contributed by atoms with Gasteiger partial charge in [-0.1, -0.05) is 18.2 Å². The van der Waals surface area contributed by atoms with Crippen molar-refractivity contribution in [1.82, 2.24) is 9.97 Å². The third-order valence-electron chi connectivity index (χ3n) is 5.16. The van der Waals surface area contributed by atoms with Crippen LogP contribution in [0, 0.1) is 0 Å². The molecule has 4 rings (SSSR count). The molecule has 7 nitrogen and oxygen atoms in total. The molecule has 0 atom stereocenters. The molecule has 0 aliphatic carbocycles. The fourth-order valence-electron chi connectivity index (χ4n) is 3.53. The van der Waals surface area contributed by atoms with Crippen LogP contribution >= 0.6 is 0 Å². The van der Waals surface area contributed by atoms with Crippen molar-refractivity contribution in [2.24, 2.45) is 0 Å². The van der Waals surface area contributed by atoms with Gasteiger partial charge in [0, 0.05) is 32.7 Å². The molecule has 1 aromatic heterocycles. The summed E-state index contributed by atoms with van der Waals surface area (Å²) >= 11 is 0. The monoisotopic (exact) mass is 417 g/mol. The number of aromatic nitrogens is 2. The number of anilines is 3. The molecule has 1 amide bonds. The molecule has 31 heavy (non-hydrogen) atoms. The van der Waals surface area contributed by atoms with Gasteiger partial charge in [0.1, 0.15) is 17.2 Å². The van der Waals surface area contributed by atoms with Crippen LogP contribution in [0.25, 0.3) is 0 Å². The molecule has 1 aliphatic heterocycles. The average Bonchev–Trinajstić information content (AvgIpc) is 2.81. The van der Waals surface area contributed by atoms with E-state index in [-0.39, 0.29) is 5.91 Å². The quantitative estimate of drug-likeness (QED) is 0.633. The summed E-state index contributed by atoms with van der Waals surface area (Å²) in [5.41, 5.74) is 1.12. The van der Waals surface area contributed by atoms with E-state index in [0.29, 0.717) is 28.8 Å². The lowest BCUT2D eigenvalue weighted by Gasteiger charge is -2.28. The Kier molecular flexibility index (Phi) is 6.31. The largest absolute Gasteiger partial charge is 0.457 e. The van der Waals surface area contributed by atoms with Gasteiger partial charge in [0.05, 0.1) is 6.20 Å². The fourth-order valence-corrected chi connectivity index (χ4v) is 3.53. The summed E-state index contributed by atoms with van der Waals surface area (Å²) in [5.74, 6) is 2.60. The highest BCUT2D eigenvalue weighted by molar-refractivity contribution is 6.05. The van der Waals surface area contributed by atoms with Crippen LogP contribution in [0.15, 0.2) is 60.8 Å². The van der Waals surface area contributed by atoms with Crippen molar-refractivity contribution < 1.29 is 9.53 Å².